The molecule has 106 valence electrons. The predicted octanol–water partition coefficient (Wildman–Crippen LogP) is 2.55. The van der Waals surface area contributed by atoms with Gasteiger partial charge in [0.25, 0.3) is 0 Å². The first-order chi connectivity index (χ1) is 9.71. The van der Waals surface area contributed by atoms with E-state index in [0.717, 1.165) is 16.8 Å². The zero-order valence-electron chi connectivity index (χ0n) is 12.0. The van der Waals surface area contributed by atoms with E-state index in [1.807, 2.05) is 19.1 Å². The maximum absolute atomic E-state index is 5.13. The number of benzene rings is 1. The minimum absolute atomic E-state index is 0.563. The molecule has 0 radical (unpaired) electrons. The largest absolute Gasteiger partial charge is 0.481 e. The fourth-order valence-corrected chi connectivity index (χ4v) is 1.90. The second-order valence-corrected chi connectivity index (χ2v) is 4.48. The summed E-state index contributed by atoms with van der Waals surface area (Å²) in [6.45, 7) is 3.18. The van der Waals surface area contributed by atoms with E-state index in [2.05, 4.69) is 27.4 Å². The van der Waals surface area contributed by atoms with Gasteiger partial charge < -0.3 is 14.8 Å². The molecule has 0 saturated heterocycles. The number of ether oxygens (including phenoxy) is 2. The zero-order chi connectivity index (χ0) is 14.4. The van der Waals surface area contributed by atoms with Gasteiger partial charge in [0.1, 0.15) is 0 Å². The summed E-state index contributed by atoms with van der Waals surface area (Å²) >= 11 is 0. The summed E-state index contributed by atoms with van der Waals surface area (Å²) in [6.07, 6.45) is 0. The highest BCUT2D eigenvalue weighted by molar-refractivity contribution is 5.33. The number of anilines is 1. The number of methoxy groups -OCH3 is 2. The summed E-state index contributed by atoms with van der Waals surface area (Å²) in [5, 5.41) is 3.20. The zero-order valence-corrected chi connectivity index (χ0v) is 12.0. The highest BCUT2D eigenvalue weighted by Gasteiger charge is 2.02. The van der Waals surface area contributed by atoms with E-state index in [4.69, 9.17) is 9.47 Å². The second-order valence-electron chi connectivity index (χ2n) is 4.48. The Morgan fingerprint density at radius 3 is 2.65 bits per heavy atom. The molecule has 0 bridgehead atoms. The molecule has 0 aliphatic rings. The van der Waals surface area contributed by atoms with Crippen LogP contribution in [0.2, 0.25) is 0 Å². The molecule has 1 N–H and O–H groups in total. The molecular weight excluding hydrogens is 254 g/mol. The molecule has 0 aliphatic heterocycles. The molecule has 1 heterocycles. The first-order valence-corrected chi connectivity index (χ1v) is 6.41. The molecule has 1 aromatic carbocycles. The SMILES string of the molecule is COCc1cccc(CNc2nc(C)cc(OC)n2)c1. The van der Waals surface area contributed by atoms with E-state index in [-0.39, 0.29) is 0 Å². The van der Waals surface area contributed by atoms with Gasteiger partial charge in [-0.25, -0.2) is 4.98 Å². The lowest BCUT2D eigenvalue weighted by atomic mass is 10.1. The van der Waals surface area contributed by atoms with Crippen molar-refractivity contribution in [3.63, 3.8) is 0 Å². The van der Waals surface area contributed by atoms with Gasteiger partial charge in [0, 0.05) is 25.4 Å². The average molecular weight is 273 g/mol. The van der Waals surface area contributed by atoms with E-state index in [1.165, 1.54) is 0 Å². The van der Waals surface area contributed by atoms with Gasteiger partial charge in [-0.3, -0.25) is 0 Å². The molecule has 0 unspecified atom stereocenters. The van der Waals surface area contributed by atoms with Crippen molar-refractivity contribution in [3.05, 3.63) is 47.2 Å². The van der Waals surface area contributed by atoms with Crippen LogP contribution < -0.4 is 10.1 Å². The number of hydrogen-bond acceptors (Lipinski definition) is 5. The van der Waals surface area contributed by atoms with Gasteiger partial charge >= 0.3 is 0 Å². The molecule has 0 fully saturated rings. The third-order valence-corrected chi connectivity index (χ3v) is 2.79. The van der Waals surface area contributed by atoms with Crippen LogP contribution in [0, 0.1) is 6.92 Å². The second kappa shape index (κ2) is 6.86. The number of rotatable bonds is 6. The van der Waals surface area contributed by atoms with Gasteiger partial charge in [-0.05, 0) is 18.1 Å². The van der Waals surface area contributed by atoms with Gasteiger partial charge in [-0.1, -0.05) is 24.3 Å². The Balaban J connectivity index is 2.04. The summed E-state index contributed by atoms with van der Waals surface area (Å²) in [6, 6.07) is 10.0. The number of aromatic nitrogens is 2. The maximum atomic E-state index is 5.13. The monoisotopic (exact) mass is 273 g/mol. The van der Waals surface area contributed by atoms with Crippen LogP contribution >= 0.6 is 0 Å². The van der Waals surface area contributed by atoms with Crippen LogP contribution in [0.1, 0.15) is 16.8 Å². The molecule has 1 aromatic heterocycles. The molecule has 20 heavy (non-hydrogen) atoms. The van der Waals surface area contributed by atoms with Crippen molar-refractivity contribution < 1.29 is 9.47 Å². The van der Waals surface area contributed by atoms with E-state index >= 15 is 0 Å². The van der Waals surface area contributed by atoms with Crippen LogP contribution in [0.3, 0.4) is 0 Å². The topological polar surface area (TPSA) is 56.3 Å². The lowest BCUT2D eigenvalue weighted by Gasteiger charge is -2.08. The lowest BCUT2D eigenvalue weighted by molar-refractivity contribution is 0.185. The Labute approximate surface area is 119 Å². The maximum Gasteiger partial charge on any atom is 0.226 e. The van der Waals surface area contributed by atoms with Crippen molar-refractivity contribution in [1.29, 1.82) is 0 Å². The molecule has 0 aliphatic carbocycles. The van der Waals surface area contributed by atoms with Crippen LogP contribution in [0.4, 0.5) is 5.95 Å². The first kappa shape index (κ1) is 14.3. The van der Waals surface area contributed by atoms with E-state index in [0.29, 0.717) is 25.0 Å². The lowest BCUT2D eigenvalue weighted by Crippen LogP contribution is -2.05. The summed E-state index contributed by atoms with van der Waals surface area (Å²) in [5.41, 5.74) is 3.17. The van der Waals surface area contributed by atoms with Gasteiger partial charge in [0.15, 0.2) is 0 Å². The van der Waals surface area contributed by atoms with Crippen LogP contribution in [-0.4, -0.2) is 24.2 Å². The molecule has 0 spiro atoms. The number of nitrogens with one attached hydrogen (secondary N) is 1. The van der Waals surface area contributed by atoms with Crippen molar-refractivity contribution in [2.45, 2.75) is 20.1 Å². The Kier molecular flexibility index (Phi) is 4.90. The van der Waals surface area contributed by atoms with Crippen molar-refractivity contribution in [3.8, 4) is 5.88 Å². The van der Waals surface area contributed by atoms with Gasteiger partial charge in [0.05, 0.1) is 13.7 Å². The van der Waals surface area contributed by atoms with Gasteiger partial charge in [-0.2, -0.15) is 4.98 Å². The van der Waals surface area contributed by atoms with Crippen molar-refractivity contribution in [2.75, 3.05) is 19.5 Å². The minimum Gasteiger partial charge on any atom is -0.481 e. The number of hydrogen-bond donors (Lipinski definition) is 1. The van der Waals surface area contributed by atoms with Gasteiger partial charge in [-0.15, -0.1) is 0 Å². The minimum atomic E-state index is 0.563. The van der Waals surface area contributed by atoms with Crippen LogP contribution in [0.15, 0.2) is 30.3 Å². The molecule has 0 atom stereocenters. The Hall–Kier alpha value is -2.14. The van der Waals surface area contributed by atoms with E-state index < -0.39 is 0 Å². The summed E-state index contributed by atoms with van der Waals surface area (Å²) in [4.78, 5) is 8.59. The standard InChI is InChI=1S/C15H19N3O2/c1-11-7-14(20-3)18-15(17-11)16-9-12-5-4-6-13(8-12)10-19-2/h4-8H,9-10H2,1-3H3,(H,16,17,18). The highest BCUT2D eigenvalue weighted by Crippen LogP contribution is 2.13. The first-order valence-electron chi connectivity index (χ1n) is 6.41. The fourth-order valence-electron chi connectivity index (χ4n) is 1.90. The molecular formula is C15H19N3O2. The third kappa shape index (κ3) is 3.93. The normalized spacial score (nSPS) is 10.3. The van der Waals surface area contributed by atoms with Gasteiger partial charge in [0.2, 0.25) is 11.8 Å². The molecule has 5 nitrogen and oxygen atoms in total. The Morgan fingerprint density at radius 2 is 1.90 bits per heavy atom. The smallest absolute Gasteiger partial charge is 0.226 e. The van der Waals surface area contributed by atoms with Crippen molar-refractivity contribution in [1.82, 2.24) is 9.97 Å². The number of aryl methyl sites for hydroxylation is 1. The third-order valence-electron chi connectivity index (χ3n) is 2.79. The van der Waals surface area contributed by atoms with Crippen LogP contribution in [-0.2, 0) is 17.9 Å². The van der Waals surface area contributed by atoms with E-state index in [1.54, 1.807) is 20.3 Å². The summed E-state index contributed by atoms with van der Waals surface area (Å²) < 4.78 is 10.3. The number of nitrogens with zero attached hydrogens (tertiary/aromatic N) is 2. The van der Waals surface area contributed by atoms with E-state index in [9.17, 15) is 0 Å². The van der Waals surface area contributed by atoms with Crippen molar-refractivity contribution in [2.24, 2.45) is 0 Å². The summed E-state index contributed by atoms with van der Waals surface area (Å²) in [5.74, 6) is 1.13. The summed E-state index contributed by atoms with van der Waals surface area (Å²) in [7, 11) is 3.29. The quantitative estimate of drug-likeness (QED) is 0.876. The fraction of sp³-hybridized carbons (Fsp3) is 0.333. The highest BCUT2D eigenvalue weighted by atomic mass is 16.5. The molecule has 2 aromatic rings. The molecule has 0 amide bonds. The Morgan fingerprint density at radius 1 is 1.10 bits per heavy atom. The molecule has 5 heteroatoms. The Bertz CT molecular complexity index is 573. The molecule has 0 saturated carbocycles. The molecule has 2 rings (SSSR count). The van der Waals surface area contributed by atoms with Crippen molar-refractivity contribution >= 4 is 5.95 Å². The van der Waals surface area contributed by atoms with Crippen LogP contribution in [0.25, 0.3) is 0 Å². The average Bonchev–Trinajstić information content (AvgIpc) is 2.45. The predicted molar refractivity (Wildman–Crippen MR) is 77.8 cm³/mol. The van der Waals surface area contributed by atoms with Crippen LogP contribution in [0.5, 0.6) is 5.88 Å².